The number of ketones is 1. The van der Waals surface area contributed by atoms with Gasteiger partial charge in [0.25, 0.3) is 5.56 Å². The summed E-state index contributed by atoms with van der Waals surface area (Å²) < 4.78 is 54.7. The molecule has 0 aliphatic heterocycles. The number of Topliss-reactive ketones (excluding diaryl/α,β-unsaturated/α-hetero) is 1. The van der Waals surface area contributed by atoms with Crippen LogP contribution in [0.5, 0.6) is 0 Å². The summed E-state index contributed by atoms with van der Waals surface area (Å²) >= 11 is 5.65. The van der Waals surface area contributed by atoms with Crippen molar-refractivity contribution in [2.75, 3.05) is 0 Å². The summed E-state index contributed by atoms with van der Waals surface area (Å²) in [5.74, 6) is -0.825. The third kappa shape index (κ3) is 5.07. The van der Waals surface area contributed by atoms with Gasteiger partial charge in [0, 0.05) is 29.7 Å². The fourth-order valence-electron chi connectivity index (χ4n) is 3.43. The maximum atomic E-state index is 13.1. The molecule has 0 radical (unpaired) electrons. The van der Waals surface area contributed by atoms with Gasteiger partial charge in [-0.15, -0.1) is 0 Å². The van der Waals surface area contributed by atoms with Crippen LogP contribution in [0.25, 0.3) is 0 Å². The number of nitrogens with zero attached hydrogens (tertiary/aromatic N) is 2. The Kier molecular flexibility index (Phi) is 6.40. The van der Waals surface area contributed by atoms with Crippen molar-refractivity contribution < 1.29 is 22.4 Å². The number of hydrogen-bond donors (Lipinski definition) is 0. The zero-order chi connectivity index (χ0) is 22.9. The molecule has 3 rings (SSSR count). The van der Waals surface area contributed by atoms with E-state index in [1.807, 2.05) is 11.5 Å². The second-order valence-corrected chi connectivity index (χ2v) is 7.65. The molecule has 0 amide bonds. The van der Waals surface area contributed by atoms with Gasteiger partial charge in [-0.05, 0) is 50.1 Å². The Morgan fingerprint density at radius 3 is 2.35 bits per heavy atom. The zero-order valence-electron chi connectivity index (χ0n) is 16.8. The number of halogens is 5. The molecule has 0 spiro atoms. The van der Waals surface area contributed by atoms with Crippen LogP contribution in [0.3, 0.4) is 0 Å². The van der Waals surface area contributed by atoms with E-state index in [1.54, 1.807) is 25.1 Å². The maximum absolute atomic E-state index is 13.1. The Morgan fingerprint density at radius 2 is 1.74 bits per heavy atom. The molecule has 0 N–H and O–H groups in total. The summed E-state index contributed by atoms with van der Waals surface area (Å²) in [6.45, 7) is 3.51. The molecule has 0 saturated heterocycles. The number of aryl methyl sites for hydroxylation is 2. The lowest BCUT2D eigenvalue weighted by atomic mass is 10.1. The van der Waals surface area contributed by atoms with Gasteiger partial charge in [0.05, 0.1) is 12.1 Å². The van der Waals surface area contributed by atoms with Crippen molar-refractivity contribution in [2.45, 2.75) is 39.5 Å². The van der Waals surface area contributed by atoms with Crippen molar-refractivity contribution in [3.05, 3.63) is 91.9 Å². The molecule has 31 heavy (non-hydrogen) atoms. The lowest BCUT2D eigenvalue weighted by molar-refractivity contribution is -0.138. The van der Waals surface area contributed by atoms with Gasteiger partial charge in [0.15, 0.2) is 5.78 Å². The van der Waals surface area contributed by atoms with Crippen molar-refractivity contribution in [3.8, 4) is 0 Å². The molecule has 0 atom stereocenters. The second-order valence-electron chi connectivity index (χ2n) is 7.24. The molecule has 4 nitrogen and oxygen atoms in total. The number of rotatable bonds is 6. The predicted octanol–water partition coefficient (Wildman–Crippen LogP) is 5.20. The number of benzene rings is 1. The average Bonchev–Trinajstić information content (AvgIpc) is 2.98. The van der Waals surface area contributed by atoms with Crippen LogP contribution in [-0.4, -0.2) is 14.9 Å². The average molecular weight is 455 g/mol. The quantitative estimate of drug-likeness (QED) is 0.379. The first kappa shape index (κ1) is 22.8. The number of carbonyl (C=O) groups is 1. The molecule has 2 aromatic heterocycles. The van der Waals surface area contributed by atoms with Crippen molar-refractivity contribution >= 4 is 17.4 Å². The topological polar surface area (TPSA) is 44.0 Å². The van der Waals surface area contributed by atoms with E-state index < -0.39 is 34.6 Å². The molecule has 0 saturated carbocycles. The zero-order valence-corrected chi connectivity index (χ0v) is 17.5. The van der Waals surface area contributed by atoms with Gasteiger partial charge in [-0.2, -0.15) is 13.2 Å². The van der Waals surface area contributed by atoms with E-state index in [9.17, 15) is 27.2 Å². The highest BCUT2D eigenvalue weighted by atomic mass is 35.5. The molecule has 3 aromatic rings. The number of aromatic nitrogens is 2. The molecule has 1 aromatic carbocycles. The first-order valence-corrected chi connectivity index (χ1v) is 9.76. The van der Waals surface area contributed by atoms with Crippen LogP contribution in [0.4, 0.5) is 17.6 Å². The molecule has 164 valence electrons. The van der Waals surface area contributed by atoms with Crippen molar-refractivity contribution in [1.82, 2.24) is 9.13 Å². The van der Waals surface area contributed by atoms with Gasteiger partial charge in [-0.1, -0.05) is 23.7 Å². The molecular formula is C22H19ClF4N2O2. The van der Waals surface area contributed by atoms with Crippen LogP contribution in [0.2, 0.25) is 5.02 Å². The smallest absolute Gasteiger partial charge is 0.348 e. The van der Waals surface area contributed by atoms with Crippen molar-refractivity contribution in [3.63, 3.8) is 0 Å². The molecule has 0 aliphatic carbocycles. The summed E-state index contributed by atoms with van der Waals surface area (Å²) in [6, 6.07) is 8.29. The normalized spacial score (nSPS) is 11.7. The fraction of sp³-hybridized carbons (Fsp3) is 0.273. The largest absolute Gasteiger partial charge is 0.417 e. The van der Waals surface area contributed by atoms with Gasteiger partial charge in [-0.3, -0.25) is 9.59 Å². The van der Waals surface area contributed by atoms with Gasteiger partial charge >= 0.3 is 6.18 Å². The molecular weight excluding hydrogens is 436 g/mol. The monoisotopic (exact) mass is 454 g/mol. The SMILES string of the molecule is Cc1cc(C(=O)Cn2cc(C(F)(F)F)cc(Cl)c2=O)c(C)n1CCc1ccc(F)cc1. The first-order valence-electron chi connectivity index (χ1n) is 9.39. The molecule has 2 heterocycles. The van der Waals surface area contributed by atoms with E-state index in [4.69, 9.17) is 11.6 Å². The van der Waals surface area contributed by atoms with Crippen LogP contribution in [0.1, 0.15) is 32.9 Å². The van der Waals surface area contributed by atoms with Crippen molar-refractivity contribution in [2.24, 2.45) is 0 Å². The number of pyridine rings is 1. The van der Waals surface area contributed by atoms with E-state index in [0.29, 0.717) is 41.1 Å². The molecule has 0 bridgehead atoms. The van der Waals surface area contributed by atoms with Crippen LogP contribution < -0.4 is 5.56 Å². The van der Waals surface area contributed by atoms with E-state index in [1.165, 1.54) is 12.1 Å². The minimum Gasteiger partial charge on any atom is -0.348 e. The Hall–Kier alpha value is -2.87. The first-order chi connectivity index (χ1) is 14.5. The molecule has 0 aliphatic rings. The number of alkyl halides is 3. The number of carbonyl (C=O) groups excluding carboxylic acids is 1. The third-order valence-corrected chi connectivity index (χ3v) is 5.37. The van der Waals surface area contributed by atoms with Crippen LogP contribution >= 0.6 is 11.6 Å². The van der Waals surface area contributed by atoms with Crippen molar-refractivity contribution in [1.29, 1.82) is 0 Å². The third-order valence-electron chi connectivity index (χ3n) is 5.09. The lowest BCUT2D eigenvalue weighted by Crippen LogP contribution is -2.26. The van der Waals surface area contributed by atoms with Gasteiger partial charge in [-0.25, -0.2) is 4.39 Å². The fourth-order valence-corrected chi connectivity index (χ4v) is 3.66. The number of hydrogen-bond acceptors (Lipinski definition) is 2. The second kappa shape index (κ2) is 8.70. The van der Waals surface area contributed by atoms with E-state index in [2.05, 4.69) is 0 Å². The summed E-state index contributed by atoms with van der Waals surface area (Å²) in [7, 11) is 0. The van der Waals surface area contributed by atoms with Crippen LogP contribution in [0.15, 0.2) is 47.4 Å². The summed E-state index contributed by atoms with van der Waals surface area (Å²) in [5.41, 5.74) is 0.694. The summed E-state index contributed by atoms with van der Waals surface area (Å²) in [5, 5.41) is -0.604. The summed E-state index contributed by atoms with van der Waals surface area (Å²) in [6.07, 6.45) is -3.49. The Labute approximate surface area is 180 Å². The van der Waals surface area contributed by atoms with E-state index in [-0.39, 0.29) is 5.82 Å². The molecule has 0 unspecified atom stereocenters. The van der Waals surface area contributed by atoms with Gasteiger partial charge in [0.1, 0.15) is 10.8 Å². The standard InChI is InChI=1S/C22H19ClF4N2O2/c1-13-9-18(14(2)29(13)8-7-15-3-5-17(24)6-4-15)20(30)12-28-11-16(22(25,26)27)10-19(23)21(28)31/h3-6,9-11H,7-8,12H2,1-2H3. The Morgan fingerprint density at radius 1 is 1.10 bits per heavy atom. The minimum atomic E-state index is -4.70. The lowest BCUT2D eigenvalue weighted by Gasteiger charge is -2.12. The highest BCUT2D eigenvalue weighted by molar-refractivity contribution is 6.30. The van der Waals surface area contributed by atoms with Crippen LogP contribution in [-0.2, 0) is 25.7 Å². The van der Waals surface area contributed by atoms with E-state index in [0.717, 1.165) is 11.3 Å². The van der Waals surface area contributed by atoms with Crippen LogP contribution in [0, 0.1) is 19.7 Å². The summed E-state index contributed by atoms with van der Waals surface area (Å²) in [4.78, 5) is 24.9. The highest BCUT2D eigenvalue weighted by Gasteiger charge is 2.32. The van der Waals surface area contributed by atoms with Gasteiger partial charge < -0.3 is 9.13 Å². The molecule has 0 fully saturated rings. The van der Waals surface area contributed by atoms with Gasteiger partial charge in [0.2, 0.25) is 0 Å². The molecule has 9 heteroatoms. The maximum Gasteiger partial charge on any atom is 0.417 e. The minimum absolute atomic E-state index is 0.317. The van der Waals surface area contributed by atoms with E-state index >= 15 is 0 Å². The Bertz CT molecular complexity index is 1180. The predicted molar refractivity (Wildman–Crippen MR) is 109 cm³/mol. The Balaban J connectivity index is 1.83. The highest BCUT2D eigenvalue weighted by Crippen LogP contribution is 2.29.